The Morgan fingerprint density at radius 2 is 2.25 bits per heavy atom. The molecule has 1 rings (SSSR count). The Labute approximate surface area is 72.4 Å². The highest BCUT2D eigenvalue weighted by Crippen LogP contribution is 2.12. The van der Waals surface area contributed by atoms with Crippen LogP contribution in [0.5, 0.6) is 0 Å². The number of hydrogen-bond donors (Lipinski definition) is 1. The van der Waals surface area contributed by atoms with Crippen molar-refractivity contribution in [2.24, 2.45) is 10.7 Å². The molecule has 0 radical (unpaired) electrons. The second-order valence-electron chi connectivity index (χ2n) is 2.50. The van der Waals surface area contributed by atoms with Crippen LogP contribution in [0.15, 0.2) is 41.5 Å². The third-order valence-electron chi connectivity index (χ3n) is 1.42. The van der Waals surface area contributed by atoms with Crippen LogP contribution in [-0.2, 0) is 0 Å². The summed E-state index contributed by atoms with van der Waals surface area (Å²) in [6, 6.07) is 7.99. The minimum Gasteiger partial charge on any atom is -0.405 e. The van der Waals surface area contributed by atoms with E-state index >= 15 is 0 Å². The maximum Gasteiger partial charge on any atom is 0.0632 e. The lowest BCUT2D eigenvalue weighted by Gasteiger charge is -1.93. The van der Waals surface area contributed by atoms with E-state index in [-0.39, 0.29) is 0 Å². The van der Waals surface area contributed by atoms with Crippen molar-refractivity contribution in [3.05, 3.63) is 42.1 Å². The van der Waals surface area contributed by atoms with Crippen molar-refractivity contribution in [3.63, 3.8) is 0 Å². The second kappa shape index (κ2) is 4.34. The Balaban J connectivity index is 2.76. The highest BCUT2D eigenvalue weighted by atomic mass is 14.7. The van der Waals surface area contributed by atoms with Crippen LogP contribution in [0.2, 0.25) is 0 Å². The summed E-state index contributed by atoms with van der Waals surface area (Å²) in [5.41, 5.74) is 7.31. The molecular formula is C10H12N2. The van der Waals surface area contributed by atoms with Crippen LogP contribution in [0.25, 0.3) is 0 Å². The number of rotatable bonds is 2. The zero-order chi connectivity index (χ0) is 8.81. The van der Waals surface area contributed by atoms with Crippen LogP contribution in [0.4, 0.5) is 5.69 Å². The molecule has 0 bridgehead atoms. The molecule has 2 nitrogen and oxygen atoms in total. The van der Waals surface area contributed by atoms with Gasteiger partial charge in [-0.1, -0.05) is 12.1 Å². The first kappa shape index (κ1) is 8.53. The average Bonchev–Trinajstić information content (AvgIpc) is 2.05. The van der Waals surface area contributed by atoms with E-state index in [9.17, 15) is 0 Å². The van der Waals surface area contributed by atoms with Crippen LogP contribution in [0.1, 0.15) is 5.56 Å². The van der Waals surface area contributed by atoms with Gasteiger partial charge in [0.1, 0.15) is 0 Å². The number of nitrogens with zero attached hydrogens (tertiary/aromatic N) is 1. The molecule has 1 aromatic rings. The Morgan fingerprint density at radius 3 is 2.92 bits per heavy atom. The van der Waals surface area contributed by atoms with Crippen molar-refractivity contribution in [3.8, 4) is 0 Å². The molecule has 0 aliphatic rings. The summed E-state index contributed by atoms with van der Waals surface area (Å²) in [7, 11) is 0. The van der Waals surface area contributed by atoms with E-state index in [0.29, 0.717) is 0 Å². The third kappa shape index (κ3) is 2.58. The Bertz CT molecular complexity index is 300. The summed E-state index contributed by atoms with van der Waals surface area (Å²) >= 11 is 0. The van der Waals surface area contributed by atoms with Crippen molar-refractivity contribution < 1.29 is 0 Å². The van der Waals surface area contributed by atoms with Crippen molar-refractivity contribution in [2.45, 2.75) is 6.92 Å². The van der Waals surface area contributed by atoms with Crippen LogP contribution in [-0.4, -0.2) is 6.21 Å². The molecule has 0 aliphatic heterocycles. The van der Waals surface area contributed by atoms with Gasteiger partial charge in [-0.2, -0.15) is 0 Å². The monoisotopic (exact) mass is 160 g/mol. The normalized spacial score (nSPS) is 11.4. The van der Waals surface area contributed by atoms with E-state index in [1.54, 1.807) is 12.3 Å². The van der Waals surface area contributed by atoms with Crippen LogP contribution in [0.3, 0.4) is 0 Å². The molecule has 0 amide bonds. The molecule has 12 heavy (non-hydrogen) atoms. The van der Waals surface area contributed by atoms with Crippen molar-refractivity contribution in [1.29, 1.82) is 0 Å². The zero-order valence-corrected chi connectivity index (χ0v) is 7.07. The molecular weight excluding hydrogens is 148 g/mol. The van der Waals surface area contributed by atoms with Gasteiger partial charge in [0.2, 0.25) is 0 Å². The maximum absolute atomic E-state index is 5.15. The topological polar surface area (TPSA) is 38.4 Å². The lowest BCUT2D eigenvalue weighted by atomic mass is 10.2. The Kier molecular flexibility index (Phi) is 3.08. The highest BCUT2D eigenvalue weighted by Gasteiger charge is 1.85. The van der Waals surface area contributed by atoms with E-state index in [1.807, 2.05) is 31.2 Å². The number of hydrogen-bond acceptors (Lipinski definition) is 2. The number of aliphatic imine (C=N–C) groups is 1. The summed E-state index contributed by atoms with van der Waals surface area (Å²) in [5.74, 6) is 0. The predicted molar refractivity (Wildman–Crippen MR) is 52.7 cm³/mol. The van der Waals surface area contributed by atoms with Gasteiger partial charge in [0.25, 0.3) is 0 Å². The SMILES string of the molecule is Cc1cccc(N=C/C=C\N)c1. The molecule has 62 valence electrons. The van der Waals surface area contributed by atoms with Crippen LogP contribution < -0.4 is 5.73 Å². The van der Waals surface area contributed by atoms with E-state index in [0.717, 1.165) is 5.69 Å². The van der Waals surface area contributed by atoms with Gasteiger partial charge in [0, 0.05) is 6.21 Å². The fraction of sp³-hybridized carbons (Fsp3) is 0.100. The molecule has 0 unspecified atom stereocenters. The molecule has 0 heterocycles. The van der Waals surface area contributed by atoms with Crippen molar-refractivity contribution in [2.75, 3.05) is 0 Å². The predicted octanol–water partition coefficient (Wildman–Crippen LogP) is 2.17. The van der Waals surface area contributed by atoms with Crippen LogP contribution in [0, 0.1) is 6.92 Å². The lowest BCUT2D eigenvalue weighted by molar-refractivity contribution is 1.43. The number of aryl methyl sites for hydroxylation is 1. The number of benzene rings is 1. The first-order chi connectivity index (χ1) is 5.83. The Hall–Kier alpha value is -1.57. The molecule has 0 saturated carbocycles. The molecule has 0 fully saturated rings. The minimum atomic E-state index is 0.952. The molecule has 0 aliphatic carbocycles. The summed E-state index contributed by atoms with van der Waals surface area (Å²) < 4.78 is 0. The molecule has 0 saturated heterocycles. The van der Waals surface area contributed by atoms with Gasteiger partial charge >= 0.3 is 0 Å². The number of allylic oxidation sites excluding steroid dienone is 1. The molecule has 0 atom stereocenters. The molecule has 1 aromatic carbocycles. The van der Waals surface area contributed by atoms with Crippen molar-refractivity contribution >= 4 is 11.9 Å². The molecule has 0 spiro atoms. The summed E-state index contributed by atoms with van der Waals surface area (Å²) in [6.07, 6.45) is 4.83. The van der Waals surface area contributed by atoms with Crippen LogP contribution >= 0.6 is 0 Å². The molecule has 0 aromatic heterocycles. The maximum atomic E-state index is 5.15. The van der Waals surface area contributed by atoms with E-state index < -0.39 is 0 Å². The smallest absolute Gasteiger partial charge is 0.0632 e. The fourth-order valence-corrected chi connectivity index (χ4v) is 0.887. The van der Waals surface area contributed by atoms with E-state index in [2.05, 4.69) is 4.99 Å². The lowest BCUT2D eigenvalue weighted by Crippen LogP contribution is -1.76. The zero-order valence-electron chi connectivity index (χ0n) is 7.07. The summed E-state index contributed by atoms with van der Waals surface area (Å²) in [5, 5.41) is 0. The van der Waals surface area contributed by atoms with Gasteiger partial charge in [-0.05, 0) is 36.9 Å². The quantitative estimate of drug-likeness (QED) is 0.661. The largest absolute Gasteiger partial charge is 0.405 e. The standard InChI is InChI=1S/C10H12N2/c1-9-4-2-5-10(8-9)12-7-3-6-11/h2-8H,11H2,1H3/b6-3-,12-7?. The van der Waals surface area contributed by atoms with Gasteiger partial charge in [-0.3, -0.25) is 4.99 Å². The fourth-order valence-electron chi connectivity index (χ4n) is 0.887. The van der Waals surface area contributed by atoms with Gasteiger partial charge in [0.15, 0.2) is 0 Å². The third-order valence-corrected chi connectivity index (χ3v) is 1.42. The van der Waals surface area contributed by atoms with E-state index in [1.165, 1.54) is 11.8 Å². The average molecular weight is 160 g/mol. The van der Waals surface area contributed by atoms with Gasteiger partial charge in [-0.15, -0.1) is 0 Å². The molecule has 2 heteroatoms. The van der Waals surface area contributed by atoms with Gasteiger partial charge < -0.3 is 5.73 Å². The van der Waals surface area contributed by atoms with E-state index in [4.69, 9.17) is 5.73 Å². The summed E-state index contributed by atoms with van der Waals surface area (Å²) in [6.45, 7) is 2.04. The molecule has 2 N–H and O–H groups in total. The first-order valence-corrected chi connectivity index (χ1v) is 3.80. The first-order valence-electron chi connectivity index (χ1n) is 3.80. The van der Waals surface area contributed by atoms with Gasteiger partial charge in [-0.25, -0.2) is 0 Å². The van der Waals surface area contributed by atoms with Gasteiger partial charge in [0.05, 0.1) is 5.69 Å². The number of nitrogens with two attached hydrogens (primary N) is 1. The minimum absolute atomic E-state index is 0.952. The van der Waals surface area contributed by atoms with Crippen molar-refractivity contribution in [1.82, 2.24) is 0 Å². The Morgan fingerprint density at radius 1 is 1.42 bits per heavy atom. The highest BCUT2D eigenvalue weighted by molar-refractivity contribution is 5.74. The summed E-state index contributed by atoms with van der Waals surface area (Å²) in [4.78, 5) is 4.16. The second-order valence-corrected chi connectivity index (χ2v) is 2.50.